The zero-order chi connectivity index (χ0) is 12.7. The van der Waals surface area contributed by atoms with Crippen molar-refractivity contribution in [1.82, 2.24) is 5.32 Å². The van der Waals surface area contributed by atoms with Gasteiger partial charge in [-0.3, -0.25) is 0 Å². The molecule has 0 saturated heterocycles. The molecule has 0 radical (unpaired) electrons. The largest absolute Gasteiger partial charge is 0.313 e. The first kappa shape index (κ1) is 15.0. The zero-order valence-corrected chi connectivity index (χ0v) is 12.5. The summed E-state index contributed by atoms with van der Waals surface area (Å²) in [4.78, 5) is 0. The SMILES string of the molecule is CCCCC(CC)CNC1CCCCC1(C)C. The number of hydrogen-bond donors (Lipinski definition) is 1. The van der Waals surface area contributed by atoms with Gasteiger partial charge in [-0.25, -0.2) is 0 Å². The Morgan fingerprint density at radius 3 is 2.59 bits per heavy atom. The van der Waals surface area contributed by atoms with Crippen LogP contribution in [-0.4, -0.2) is 12.6 Å². The van der Waals surface area contributed by atoms with E-state index in [-0.39, 0.29) is 0 Å². The molecule has 0 heterocycles. The van der Waals surface area contributed by atoms with Gasteiger partial charge in [0.15, 0.2) is 0 Å². The standard InChI is InChI=1S/C16H33N/c1-5-7-10-14(6-2)13-17-15-11-8-9-12-16(15,3)4/h14-15,17H,5-13H2,1-4H3. The van der Waals surface area contributed by atoms with E-state index in [1.807, 2.05) is 0 Å². The second-order valence-electron chi connectivity index (χ2n) is 6.61. The van der Waals surface area contributed by atoms with Crippen molar-refractivity contribution >= 4 is 0 Å². The highest BCUT2D eigenvalue weighted by molar-refractivity contribution is 4.88. The molecule has 0 aromatic rings. The van der Waals surface area contributed by atoms with Crippen LogP contribution in [0.5, 0.6) is 0 Å². The fourth-order valence-electron chi connectivity index (χ4n) is 3.12. The van der Waals surface area contributed by atoms with Crippen LogP contribution in [0.3, 0.4) is 0 Å². The van der Waals surface area contributed by atoms with Gasteiger partial charge in [-0.2, -0.15) is 0 Å². The molecule has 17 heavy (non-hydrogen) atoms. The van der Waals surface area contributed by atoms with Crippen LogP contribution in [0.25, 0.3) is 0 Å². The fourth-order valence-corrected chi connectivity index (χ4v) is 3.12. The predicted molar refractivity (Wildman–Crippen MR) is 77.3 cm³/mol. The Morgan fingerprint density at radius 2 is 2.00 bits per heavy atom. The molecule has 1 nitrogen and oxygen atoms in total. The van der Waals surface area contributed by atoms with Crippen LogP contribution in [0.2, 0.25) is 0 Å². The van der Waals surface area contributed by atoms with Gasteiger partial charge in [-0.05, 0) is 37.1 Å². The summed E-state index contributed by atoms with van der Waals surface area (Å²) in [7, 11) is 0. The van der Waals surface area contributed by atoms with E-state index in [1.165, 1.54) is 57.9 Å². The van der Waals surface area contributed by atoms with Crippen LogP contribution < -0.4 is 5.32 Å². The van der Waals surface area contributed by atoms with Crippen molar-refractivity contribution in [2.75, 3.05) is 6.54 Å². The second kappa shape index (κ2) is 7.41. The Balaban J connectivity index is 2.31. The van der Waals surface area contributed by atoms with E-state index in [0.717, 1.165) is 12.0 Å². The number of rotatable bonds is 7. The van der Waals surface area contributed by atoms with E-state index >= 15 is 0 Å². The van der Waals surface area contributed by atoms with Gasteiger partial charge in [0.1, 0.15) is 0 Å². The summed E-state index contributed by atoms with van der Waals surface area (Å²) in [6.07, 6.45) is 11.1. The summed E-state index contributed by atoms with van der Waals surface area (Å²) in [6.45, 7) is 10.8. The average molecular weight is 239 g/mol. The lowest BCUT2D eigenvalue weighted by Crippen LogP contribution is -2.45. The molecule has 0 spiro atoms. The highest BCUT2D eigenvalue weighted by atomic mass is 14.9. The van der Waals surface area contributed by atoms with Gasteiger partial charge in [0.2, 0.25) is 0 Å². The zero-order valence-electron chi connectivity index (χ0n) is 12.5. The molecule has 1 heteroatoms. The number of hydrogen-bond acceptors (Lipinski definition) is 1. The fraction of sp³-hybridized carbons (Fsp3) is 1.00. The molecule has 0 aliphatic heterocycles. The van der Waals surface area contributed by atoms with Crippen molar-refractivity contribution < 1.29 is 0 Å². The number of unbranched alkanes of at least 4 members (excludes halogenated alkanes) is 1. The molecule has 1 aliphatic rings. The monoisotopic (exact) mass is 239 g/mol. The molecule has 0 aromatic heterocycles. The first-order valence-electron chi connectivity index (χ1n) is 7.83. The lowest BCUT2D eigenvalue weighted by atomic mass is 9.73. The van der Waals surface area contributed by atoms with Gasteiger partial charge in [-0.1, -0.05) is 59.8 Å². The summed E-state index contributed by atoms with van der Waals surface area (Å²) >= 11 is 0. The molecule has 2 unspecified atom stereocenters. The number of nitrogens with one attached hydrogen (secondary N) is 1. The molecule has 1 aliphatic carbocycles. The average Bonchev–Trinajstić information content (AvgIpc) is 2.30. The third-order valence-electron chi connectivity index (χ3n) is 4.70. The minimum atomic E-state index is 0.515. The van der Waals surface area contributed by atoms with Crippen molar-refractivity contribution in [2.24, 2.45) is 11.3 Å². The molecule has 1 rings (SSSR count). The molecule has 102 valence electrons. The molecular formula is C16H33N. The van der Waals surface area contributed by atoms with Crippen molar-refractivity contribution in [1.29, 1.82) is 0 Å². The van der Waals surface area contributed by atoms with E-state index in [4.69, 9.17) is 0 Å². The molecule has 1 fully saturated rings. The maximum atomic E-state index is 3.87. The Hall–Kier alpha value is -0.0400. The Kier molecular flexibility index (Phi) is 6.54. The van der Waals surface area contributed by atoms with Gasteiger partial charge in [0.25, 0.3) is 0 Å². The maximum absolute atomic E-state index is 3.87. The first-order valence-corrected chi connectivity index (χ1v) is 7.83. The summed E-state index contributed by atoms with van der Waals surface area (Å²) in [5.41, 5.74) is 0.515. The van der Waals surface area contributed by atoms with Gasteiger partial charge < -0.3 is 5.32 Å². The van der Waals surface area contributed by atoms with Gasteiger partial charge in [-0.15, -0.1) is 0 Å². The highest BCUT2D eigenvalue weighted by Gasteiger charge is 2.31. The van der Waals surface area contributed by atoms with Crippen molar-refractivity contribution in [3.63, 3.8) is 0 Å². The van der Waals surface area contributed by atoms with Crippen LogP contribution in [0.15, 0.2) is 0 Å². The van der Waals surface area contributed by atoms with E-state index in [9.17, 15) is 0 Å². The van der Waals surface area contributed by atoms with Crippen molar-refractivity contribution in [2.45, 2.75) is 85.1 Å². The van der Waals surface area contributed by atoms with E-state index < -0.39 is 0 Å². The van der Waals surface area contributed by atoms with Crippen LogP contribution >= 0.6 is 0 Å². The van der Waals surface area contributed by atoms with Crippen LogP contribution in [0.4, 0.5) is 0 Å². The predicted octanol–water partition coefficient (Wildman–Crippen LogP) is 4.76. The van der Waals surface area contributed by atoms with E-state index in [2.05, 4.69) is 33.0 Å². The Morgan fingerprint density at radius 1 is 1.24 bits per heavy atom. The van der Waals surface area contributed by atoms with Crippen molar-refractivity contribution in [3.8, 4) is 0 Å². The van der Waals surface area contributed by atoms with Crippen LogP contribution in [-0.2, 0) is 0 Å². The molecule has 0 bridgehead atoms. The van der Waals surface area contributed by atoms with E-state index in [1.54, 1.807) is 0 Å². The topological polar surface area (TPSA) is 12.0 Å². The molecule has 1 saturated carbocycles. The molecule has 1 N–H and O–H groups in total. The summed E-state index contributed by atoms with van der Waals surface area (Å²) < 4.78 is 0. The Labute approximate surface area is 109 Å². The van der Waals surface area contributed by atoms with E-state index in [0.29, 0.717) is 5.41 Å². The molecule has 2 atom stereocenters. The highest BCUT2D eigenvalue weighted by Crippen LogP contribution is 2.35. The van der Waals surface area contributed by atoms with Gasteiger partial charge in [0.05, 0.1) is 0 Å². The minimum absolute atomic E-state index is 0.515. The van der Waals surface area contributed by atoms with Crippen LogP contribution in [0.1, 0.15) is 79.1 Å². The summed E-state index contributed by atoms with van der Waals surface area (Å²) in [6, 6.07) is 0.756. The third kappa shape index (κ3) is 4.99. The lowest BCUT2D eigenvalue weighted by Gasteiger charge is -2.40. The Bertz CT molecular complexity index is 198. The first-order chi connectivity index (χ1) is 8.10. The minimum Gasteiger partial charge on any atom is -0.313 e. The summed E-state index contributed by atoms with van der Waals surface area (Å²) in [5.74, 6) is 0.896. The molecular weight excluding hydrogens is 206 g/mol. The lowest BCUT2D eigenvalue weighted by molar-refractivity contribution is 0.161. The smallest absolute Gasteiger partial charge is 0.0118 e. The maximum Gasteiger partial charge on any atom is 0.0118 e. The molecule has 0 aromatic carbocycles. The van der Waals surface area contributed by atoms with Gasteiger partial charge >= 0.3 is 0 Å². The van der Waals surface area contributed by atoms with Crippen molar-refractivity contribution in [3.05, 3.63) is 0 Å². The normalized spacial score (nSPS) is 25.8. The van der Waals surface area contributed by atoms with Crippen LogP contribution in [0, 0.1) is 11.3 Å². The second-order valence-corrected chi connectivity index (χ2v) is 6.61. The summed E-state index contributed by atoms with van der Waals surface area (Å²) in [5, 5.41) is 3.87. The third-order valence-corrected chi connectivity index (χ3v) is 4.70. The van der Waals surface area contributed by atoms with Gasteiger partial charge in [0, 0.05) is 6.04 Å². The molecule has 0 amide bonds. The quantitative estimate of drug-likeness (QED) is 0.675.